The number of rotatable bonds is 6. The van der Waals surface area contributed by atoms with Gasteiger partial charge in [0.2, 0.25) is 27.7 Å². The monoisotopic (exact) mass is 513 g/mol. The lowest BCUT2D eigenvalue weighted by atomic mass is 10.1. The smallest absolute Gasteiger partial charge is 0.240 e. The van der Waals surface area contributed by atoms with E-state index in [9.17, 15) is 17.6 Å². The van der Waals surface area contributed by atoms with Crippen molar-refractivity contribution >= 4 is 33.0 Å². The van der Waals surface area contributed by atoms with Gasteiger partial charge >= 0.3 is 0 Å². The molecule has 5 rings (SSSR count). The second kappa shape index (κ2) is 9.05. The number of nitrogens with zero attached hydrogens (tertiary/aromatic N) is 2. The zero-order valence-electron chi connectivity index (χ0n) is 17.9. The lowest BCUT2D eigenvalue weighted by Gasteiger charge is -2.09. The van der Waals surface area contributed by atoms with Crippen molar-refractivity contribution in [1.29, 1.82) is 0 Å². The van der Waals surface area contributed by atoms with Crippen LogP contribution < -0.4 is 14.8 Å². The number of benzene rings is 3. The number of imidazole rings is 1. The van der Waals surface area contributed by atoms with Crippen molar-refractivity contribution in [3.05, 3.63) is 83.8 Å². The number of sulfone groups is 1. The number of carbonyl (C=O) groups excluding carboxylic acids is 1. The highest BCUT2D eigenvalue weighted by atomic mass is 35.5. The molecule has 0 fully saturated rings. The Balaban J connectivity index is 1.51. The van der Waals surface area contributed by atoms with Gasteiger partial charge in [-0.25, -0.2) is 17.8 Å². The molecule has 8 nitrogen and oxygen atoms in total. The minimum Gasteiger partial charge on any atom is -0.454 e. The van der Waals surface area contributed by atoms with Gasteiger partial charge in [-0.15, -0.1) is 0 Å². The number of amides is 1. The lowest BCUT2D eigenvalue weighted by molar-refractivity contribution is -0.113. The van der Waals surface area contributed by atoms with Gasteiger partial charge in [-0.1, -0.05) is 11.6 Å². The van der Waals surface area contributed by atoms with Crippen LogP contribution in [-0.2, 0) is 14.6 Å². The molecule has 178 valence electrons. The summed E-state index contributed by atoms with van der Waals surface area (Å²) in [6, 6.07) is 16.6. The predicted molar refractivity (Wildman–Crippen MR) is 127 cm³/mol. The highest BCUT2D eigenvalue weighted by Crippen LogP contribution is 2.36. The number of aromatic nitrogens is 2. The standard InChI is InChI=1S/C24H17ClFN3O5S/c25-16-2-6-18(7-3-16)27-23(30)13-35(31,32)24-28-20(12-29(24)19-8-4-17(26)5-9-19)15-1-10-21-22(11-15)34-14-33-21/h1-12H,13-14H2,(H,27,30). The average molecular weight is 514 g/mol. The van der Waals surface area contributed by atoms with Gasteiger partial charge in [0.25, 0.3) is 0 Å². The predicted octanol–water partition coefficient (Wildman–Crippen LogP) is 4.47. The molecule has 0 unspecified atom stereocenters. The number of carbonyl (C=O) groups is 1. The van der Waals surface area contributed by atoms with Crippen molar-refractivity contribution in [3.8, 4) is 28.4 Å². The van der Waals surface area contributed by atoms with E-state index in [1.807, 2.05) is 0 Å². The van der Waals surface area contributed by atoms with E-state index in [1.165, 1.54) is 35.0 Å². The fraction of sp³-hybridized carbons (Fsp3) is 0.0833. The summed E-state index contributed by atoms with van der Waals surface area (Å²) >= 11 is 5.85. The number of anilines is 1. The van der Waals surface area contributed by atoms with Crippen molar-refractivity contribution in [2.75, 3.05) is 17.9 Å². The molecular formula is C24H17ClFN3O5S. The van der Waals surface area contributed by atoms with Crippen LogP contribution >= 0.6 is 11.6 Å². The molecule has 3 aromatic carbocycles. The summed E-state index contributed by atoms with van der Waals surface area (Å²) in [5.41, 5.74) is 1.67. The first-order valence-electron chi connectivity index (χ1n) is 10.3. The number of halogens is 2. The van der Waals surface area contributed by atoms with Gasteiger partial charge in [0.1, 0.15) is 11.6 Å². The van der Waals surface area contributed by atoms with Gasteiger partial charge in [0, 0.05) is 28.2 Å². The number of nitrogens with one attached hydrogen (secondary N) is 1. The van der Waals surface area contributed by atoms with E-state index in [0.29, 0.717) is 39.2 Å². The third-order valence-corrected chi connectivity index (χ3v) is 6.91. The van der Waals surface area contributed by atoms with Gasteiger partial charge in [-0.2, -0.15) is 0 Å². The summed E-state index contributed by atoms with van der Waals surface area (Å²) in [5, 5.41) is 2.66. The fourth-order valence-electron chi connectivity index (χ4n) is 3.53. The van der Waals surface area contributed by atoms with Crippen molar-refractivity contribution in [2.24, 2.45) is 0 Å². The number of hydrogen-bond donors (Lipinski definition) is 1. The molecule has 0 atom stereocenters. The van der Waals surface area contributed by atoms with E-state index in [-0.39, 0.29) is 11.9 Å². The zero-order valence-corrected chi connectivity index (χ0v) is 19.5. The fourth-order valence-corrected chi connectivity index (χ4v) is 4.90. The Labute approximate surface area is 204 Å². The molecule has 1 amide bonds. The maximum atomic E-state index is 13.5. The summed E-state index contributed by atoms with van der Waals surface area (Å²) in [5.74, 6) is -1.000. The Bertz CT molecular complexity index is 1520. The maximum Gasteiger partial charge on any atom is 0.240 e. The number of hydrogen-bond acceptors (Lipinski definition) is 6. The molecule has 0 saturated heterocycles. The van der Waals surface area contributed by atoms with E-state index in [1.54, 1.807) is 42.5 Å². The van der Waals surface area contributed by atoms with E-state index in [0.717, 1.165) is 0 Å². The molecule has 0 radical (unpaired) electrons. The van der Waals surface area contributed by atoms with Crippen LogP contribution in [0.5, 0.6) is 11.5 Å². The molecular weight excluding hydrogens is 497 g/mol. The zero-order chi connectivity index (χ0) is 24.6. The first-order chi connectivity index (χ1) is 16.8. The molecule has 2 heterocycles. The van der Waals surface area contributed by atoms with Gasteiger partial charge in [0.15, 0.2) is 11.5 Å². The van der Waals surface area contributed by atoms with Crippen LogP contribution in [0.25, 0.3) is 16.9 Å². The Hall–Kier alpha value is -3.89. The topological polar surface area (TPSA) is 99.5 Å². The van der Waals surface area contributed by atoms with Crippen LogP contribution in [0.4, 0.5) is 10.1 Å². The maximum absolute atomic E-state index is 13.5. The molecule has 1 aromatic heterocycles. The SMILES string of the molecule is O=C(CS(=O)(=O)c1nc(-c2ccc3c(c2)OCO3)cn1-c1ccc(F)cc1)Nc1ccc(Cl)cc1. The molecule has 11 heteroatoms. The molecule has 0 bridgehead atoms. The molecule has 0 spiro atoms. The van der Waals surface area contributed by atoms with Gasteiger partial charge in [0.05, 0.1) is 5.69 Å². The van der Waals surface area contributed by atoms with E-state index in [4.69, 9.17) is 21.1 Å². The quantitative estimate of drug-likeness (QED) is 0.408. The van der Waals surface area contributed by atoms with Crippen LogP contribution in [0.15, 0.2) is 78.1 Å². The van der Waals surface area contributed by atoms with Crippen LogP contribution in [0.2, 0.25) is 5.02 Å². The second-order valence-electron chi connectivity index (χ2n) is 7.64. The van der Waals surface area contributed by atoms with E-state index in [2.05, 4.69) is 10.3 Å². The highest BCUT2D eigenvalue weighted by molar-refractivity contribution is 7.92. The van der Waals surface area contributed by atoms with Crippen molar-refractivity contribution in [2.45, 2.75) is 5.16 Å². The first kappa shape index (κ1) is 22.9. The lowest BCUT2D eigenvalue weighted by Crippen LogP contribution is -2.25. The Morgan fingerprint density at radius 3 is 2.49 bits per heavy atom. The Morgan fingerprint density at radius 1 is 1.03 bits per heavy atom. The molecule has 1 N–H and O–H groups in total. The number of fused-ring (bicyclic) bond motifs is 1. The summed E-state index contributed by atoms with van der Waals surface area (Å²) in [7, 11) is -4.21. The van der Waals surface area contributed by atoms with Crippen LogP contribution in [0.1, 0.15) is 0 Å². The largest absolute Gasteiger partial charge is 0.454 e. The molecule has 4 aromatic rings. The molecule has 1 aliphatic heterocycles. The van der Waals surface area contributed by atoms with Crippen LogP contribution in [0, 0.1) is 5.82 Å². The third-order valence-electron chi connectivity index (χ3n) is 5.17. The summed E-state index contributed by atoms with van der Waals surface area (Å²) < 4.78 is 52.1. The molecule has 0 saturated carbocycles. The summed E-state index contributed by atoms with van der Waals surface area (Å²) in [6.45, 7) is 0.0885. The third kappa shape index (κ3) is 4.84. The normalized spacial score (nSPS) is 12.5. The van der Waals surface area contributed by atoms with Crippen molar-refractivity contribution < 1.29 is 27.1 Å². The first-order valence-corrected chi connectivity index (χ1v) is 12.3. The number of ether oxygens (including phenoxy) is 2. The van der Waals surface area contributed by atoms with Crippen molar-refractivity contribution in [1.82, 2.24) is 9.55 Å². The Morgan fingerprint density at radius 2 is 1.74 bits per heavy atom. The van der Waals surface area contributed by atoms with E-state index < -0.39 is 27.3 Å². The molecule has 35 heavy (non-hydrogen) atoms. The summed E-state index contributed by atoms with van der Waals surface area (Å²) in [6.07, 6.45) is 1.51. The van der Waals surface area contributed by atoms with Crippen LogP contribution in [-0.4, -0.2) is 36.4 Å². The van der Waals surface area contributed by atoms with Crippen molar-refractivity contribution in [3.63, 3.8) is 0 Å². The Kier molecular flexibility index (Phi) is 5.91. The van der Waals surface area contributed by atoms with Crippen LogP contribution in [0.3, 0.4) is 0 Å². The molecule has 0 aliphatic carbocycles. The van der Waals surface area contributed by atoms with Gasteiger partial charge in [-0.05, 0) is 66.7 Å². The highest BCUT2D eigenvalue weighted by Gasteiger charge is 2.27. The second-order valence-corrected chi connectivity index (χ2v) is 9.96. The van der Waals surface area contributed by atoms with E-state index >= 15 is 0 Å². The summed E-state index contributed by atoms with van der Waals surface area (Å²) in [4.78, 5) is 16.9. The minimum atomic E-state index is -4.21. The minimum absolute atomic E-state index is 0.0885. The average Bonchev–Trinajstić information content (AvgIpc) is 3.48. The molecule has 1 aliphatic rings. The van der Waals surface area contributed by atoms with Gasteiger partial charge < -0.3 is 14.8 Å². The van der Waals surface area contributed by atoms with Gasteiger partial charge in [-0.3, -0.25) is 9.36 Å².